The average Bonchev–Trinajstić information content (AvgIpc) is 2.16. The second kappa shape index (κ2) is 5.23. The Morgan fingerprint density at radius 2 is 1.94 bits per heavy atom. The SMILES string of the molecule is O=C(O)C(=O)CC(=O)c1ccc(Cl)cc1Br. The van der Waals surface area contributed by atoms with E-state index < -0.39 is 24.0 Å². The van der Waals surface area contributed by atoms with Crippen LogP contribution in [0.5, 0.6) is 0 Å². The van der Waals surface area contributed by atoms with Crippen molar-refractivity contribution in [2.45, 2.75) is 6.42 Å². The number of aliphatic carboxylic acids is 1. The van der Waals surface area contributed by atoms with Gasteiger partial charge in [0, 0.05) is 15.1 Å². The monoisotopic (exact) mass is 304 g/mol. The summed E-state index contributed by atoms with van der Waals surface area (Å²) in [5.41, 5.74) is 0.235. The van der Waals surface area contributed by atoms with Gasteiger partial charge in [-0.05, 0) is 34.1 Å². The van der Waals surface area contributed by atoms with E-state index in [1.807, 2.05) is 0 Å². The third kappa shape index (κ3) is 3.15. The molecule has 6 heteroatoms. The molecule has 0 spiro atoms. The van der Waals surface area contributed by atoms with Crippen molar-refractivity contribution in [3.8, 4) is 0 Å². The molecule has 0 aliphatic heterocycles. The number of hydrogen-bond acceptors (Lipinski definition) is 3. The fourth-order valence-corrected chi connectivity index (χ4v) is 1.94. The summed E-state index contributed by atoms with van der Waals surface area (Å²) in [7, 11) is 0. The Kier molecular flexibility index (Phi) is 4.20. The molecule has 0 unspecified atom stereocenters. The van der Waals surface area contributed by atoms with Crippen LogP contribution in [0.1, 0.15) is 16.8 Å². The molecule has 1 aromatic rings. The second-order valence-electron chi connectivity index (χ2n) is 2.95. The van der Waals surface area contributed by atoms with E-state index in [1.54, 1.807) is 0 Å². The summed E-state index contributed by atoms with van der Waals surface area (Å²) in [6.45, 7) is 0. The Morgan fingerprint density at radius 1 is 1.31 bits per heavy atom. The smallest absolute Gasteiger partial charge is 0.372 e. The molecule has 0 saturated carbocycles. The molecule has 0 heterocycles. The minimum Gasteiger partial charge on any atom is -0.475 e. The summed E-state index contributed by atoms with van der Waals surface area (Å²) < 4.78 is 0.434. The minimum atomic E-state index is -1.61. The predicted octanol–water partition coefficient (Wildman–Crippen LogP) is 2.33. The lowest BCUT2D eigenvalue weighted by molar-refractivity contribution is -0.148. The molecule has 0 aromatic heterocycles. The van der Waals surface area contributed by atoms with Gasteiger partial charge in [-0.25, -0.2) is 4.79 Å². The van der Waals surface area contributed by atoms with Gasteiger partial charge in [0.05, 0.1) is 6.42 Å². The standard InChI is InChI=1S/C10H6BrClO4/c11-7-3-5(12)1-2-6(7)8(13)4-9(14)10(15)16/h1-3H,4H2,(H,15,16). The van der Waals surface area contributed by atoms with Crippen LogP contribution in [-0.2, 0) is 9.59 Å². The first-order valence-electron chi connectivity index (χ1n) is 4.16. The Hall–Kier alpha value is -1.20. The van der Waals surface area contributed by atoms with Gasteiger partial charge < -0.3 is 5.11 Å². The van der Waals surface area contributed by atoms with Crippen molar-refractivity contribution in [3.63, 3.8) is 0 Å². The number of carbonyl (C=O) groups excluding carboxylic acids is 2. The molecule has 0 atom stereocenters. The zero-order valence-electron chi connectivity index (χ0n) is 7.87. The first-order valence-corrected chi connectivity index (χ1v) is 5.33. The number of carboxylic acid groups (broad SMARTS) is 1. The van der Waals surface area contributed by atoms with Gasteiger partial charge >= 0.3 is 5.97 Å². The molecule has 0 fully saturated rings. The third-order valence-corrected chi connectivity index (χ3v) is 2.68. The molecule has 4 nitrogen and oxygen atoms in total. The van der Waals surface area contributed by atoms with Gasteiger partial charge in [-0.1, -0.05) is 11.6 Å². The van der Waals surface area contributed by atoms with Crippen molar-refractivity contribution in [2.75, 3.05) is 0 Å². The highest BCUT2D eigenvalue weighted by Crippen LogP contribution is 2.22. The van der Waals surface area contributed by atoms with Crippen molar-refractivity contribution in [2.24, 2.45) is 0 Å². The lowest BCUT2D eigenvalue weighted by atomic mass is 10.1. The van der Waals surface area contributed by atoms with Gasteiger partial charge in [0.1, 0.15) is 0 Å². The van der Waals surface area contributed by atoms with E-state index >= 15 is 0 Å². The van der Waals surface area contributed by atoms with Crippen LogP contribution in [-0.4, -0.2) is 22.6 Å². The van der Waals surface area contributed by atoms with E-state index in [2.05, 4.69) is 15.9 Å². The number of rotatable bonds is 4. The second-order valence-corrected chi connectivity index (χ2v) is 4.24. The number of benzene rings is 1. The molecular formula is C10H6BrClO4. The third-order valence-electron chi connectivity index (χ3n) is 1.79. The van der Waals surface area contributed by atoms with E-state index in [1.165, 1.54) is 18.2 Å². The molecule has 0 radical (unpaired) electrons. The molecular weight excluding hydrogens is 299 g/mol. The molecule has 0 saturated heterocycles. The number of ketones is 2. The van der Waals surface area contributed by atoms with Crippen LogP contribution < -0.4 is 0 Å². The maximum atomic E-state index is 11.5. The molecule has 0 aliphatic rings. The molecule has 84 valence electrons. The molecule has 1 aromatic carbocycles. The first kappa shape index (κ1) is 12.9. The van der Waals surface area contributed by atoms with Crippen LogP contribution in [0.4, 0.5) is 0 Å². The lowest BCUT2D eigenvalue weighted by Crippen LogP contribution is -2.17. The highest BCUT2D eigenvalue weighted by molar-refractivity contribution is 9.10. The first-order chi connectivity index (χ1) is 7.41. The van der Waals surface area contributed by atoms with Crippen LogP contribution in [0.2, 0.25) is 5.02 Å². The summed E-state index contributed by atoms with van der Waals surface area (Å²) in [6, 6.07) is 4.43. The Labute approximate surface area is 104 Å². The summed E-state index contributed by atoms with van der Waals surface area (Å²) in [5, 5.41) is 8.79. The van der Waals surface area contributed by atoms with Gasteiger partial charge in [-0.2, -0.15) is 0 Å². The van der Waals surface area contributed by atoms with E-state index in [-0.39, 0.29) is 5.56 Å². The summed E-state index contributed by atoms with van der Waals surface area (Å²) in [4.78, 5) is 32.6. The van der Waals surface area contributed by atoms with Crippen LogP contribution in [0.25, 0.3) is 0 Å². The maximum absolute atomic E-state index is 11.5. The van der Waals surface area contributed by atoms with Crippen molar-refractivity contribution < 1.29 is 19.5 Å². The van der Waals surface area contributed by atoms with Crippen LogP contribution >= 0.6 is 27.5 Å². The van der Waals surface area contributed by atoms with E-state index in [4.69, 9.17) is 16.7 Å². The average molecular weight is 306 g/mol. The van der Waals surface area contributed by atoms with Crippen LogP contribution in [0.3, 0.4) is 0 Å². The molecule has 0 aliphatic carbocycles. The Balaban J connectivity index is 2.89. The van der Waals surface area contributed by atoms with Crippen molar-refractivity contribution in [3.05, 3.63) is 33.3 Å². The van der Waals surface area contributed by atoms with Gasteiger partial charge in [0.15, 0.2) is 5.78 Å². The fraction of sp³-hybridized carbons (Fsp3) is 0.100. The van der Waals surface area contributed by atoms with E-state index in [9.17, 15) is 14.4 Å². The number of carboxylic acids is 1. The number of hydrogen-bond donors (Lipinski definition) is 1. The van der Waals surface area contributed by atoms with Gasteiger partial charge in [-0.15, -0.1) is 0 Å². The van der Waals surface area contributed by atoms with E-state index in [0.29, 0.717) is 9.50 Å². The highest BCUT2D eigenvalue weighted by Gasteiger charge is 2.19. The van der Waals surface area contributed by atoms with Gasteiger partial charge in [0.25, 0.3) is 0 Å². The summed E-state index contributed by atoms with van der Waals surface area (Å²) >= 11 is 8.79. The largest absolute Gasteiger partial charge is 0.475 e. The zero-order valence-corrected chi connectivity index (χ0v) is 10.2. The number of carbonyl (C=O) groups is 3. The van der Waals surface area contributed by atoms with Crippen LogP contribution in [0.15, 0.2) is 22.7 Å². The van der Waals surface area contributed by atoms with Crippen molar-refractivity contribution in [1.82, 2.24) is 0 Å². The molecule has 1 N–H and O–H groups in total. The summed E-state index contributed by atoms with van der Waals surface area (Å²) in [6.07, 6.45) is -0.657. The van der Waals surface area contributed by atoms with E-state index in [0.717, 1.165) is 0 Å². The predicted molar refractivity (Wildman–Crippen MR) is 60.7 cm³/mol. The molecule has 16 heavy (non-hydrogen) atoms. The Bertz CT molecular complexity index is 470. The normalized spacial score (nSPS) is 9.88. The van der Waals surface area contributed by atoms with Crippen molar-refractivity contribution >= 4 is 45.1 Å². The number of Topliss-reactive ketones (excluding diaryl/α,β-unsaturated/α-hetero) is 2. The van der Waals surface area contributed by atoms with Gasteiger partial charge in [-0.3, -0.25) is 9.59 Å². The molecule has 0 amide bonds. The Morgan fingerprint density at radius 3 is 2.44 bits per heavy atom. The summed E-state index contributed by atoms with van der Waals surface area (Å²) in [5.74, 6) is -3.30. The van der Waals surface area contributed by atoms with Crippen molar-refractivity contribution in [1.29, 1.82) is 0 Å². The minimum absolute atomic E-state index is 0.235. The lowest BCUT2D eigenvalue weighted by Gasteiger charge is -2.02. The fourth-order valence-electron chi connectivity index (χ4n) is 1.03. The molecule has 1 rings (SSSR count). The molecule has 0 bridgehead atoms. The van der Waals surface area contributed by atoms with Gasteiger partial charge in [0.2, 0.25) is 5.78 Å². The maximum Gasteiger partial charge on any atom is 0.372 e. The van der Waals surface area contributed by atoms with Crippen LogP contribution in [0, 0.1) is 0 Å². The quantitative estimate of drug-likeness (QED) is 0.526. The highest BCUT2D eigenvalue weighted by atomic mass is 79.9. The topological polar surface area (TPSA) is 71.4 Å². The zero-order chi connectivity index (χ0) is 12.3. The number of halogens is 2.